The van der Waals surface area contributed by atoms with Crippen molar-refractivity contribution in [3.63, 3.8) is 0 Å². The van der Waals surface area contributed by atoms with Gasteiger partial charge in [0, 0.05) is 24.3 Å². The largest absolute Gasteiger partial charge is 0.322 e. The molecular weight excluding hydrogens is 360 g/mol. The molecule has 3 rings (SSSR count). The second kappa shape index (κ2) is 8.23. The van der Waals surface area contributed by atoms with E-state index in [-0.39, 0.29) is 10.8 Å². The van der Waals surface area contributed by atoms with E-state index in [9.17, 15) is 13.2 Å². The van der Waals surface area contributed by atoms with Crippen molar-refractivity contribution in [2.75, 3.05) is 18.4 Å². The predicted molar refractivity (Wildman–Crippen MR) is 107 cm³/mol. The average molecular weight is 387 g/mol. The van der Waals surface area contributed by atoms with Gasteiger partial charge in [0.2, 0.25) is 10.0 Å². The van der Waals surface area contributed by atoms with E-state index in [0.717, 1.165) is 30.5 Å². The number of hydrogen-bond donors (Lipinski definition) is 1. The Morgan fingerprint density at radius 1 is 1.19 bits per heavy atom. The Labute approximate surface area is 161 Å². The van der Waals surface area contributed by atoms with Gasteiger partial charge in [-0.25, -0.2) is 8.42 Å². The number of carbonyl (C=O) groups is 1. The highest BCUT2D eigenvalue weighted by atomic mass is 32.2. The number of nitrogens with zero attached hydrogens (tertiary/aromatic N) is 1. The second-order valence-corrected chi connectivity index (χ2v) is 9.04. The number of anilines is 1. The molecule has 0 saturated carbocycles. The molecule has 2 aromatic rings. The predicted octanol–water partition coefficient (Wildman–Crippen LogP) is 3.92. The van der Waals surface area contributed by atoms with Gasteiger partial charge in [-0.1, -0.05) is 38.1 Å². The van der Waals surface area contributed by atoms with Gasteiger partial charge in [-0.05, 0) is 55.0 Å². The SMILES string of the molecule is CCc1ccccc1NC(=O)c1cccc(S(=O)(=O)N2CCCC(C)C2)c1. The number of benzene rings is 2. The Balaban J connectivity index is 1.83. The number of carbonyl (C=O) groups excluding carboxylic acids is 1. The van der Waals surface area contributed by atoms with Gasteiger partial charge in [0.1, 0.15) is 0 Å². The Bertz CT molecular complexity index is 925. The van der Waals surface area contributed by atoms with Crippen molar-refractivity contribution in [1.29, 1.82) is 0 Å². The third-order valence-electron chi connectivity index (χ3n) is 5.00. The number of nitrogens with one attached hydrogen (secondary N) is 1. The zero-order valence-corrected chi connectivity index (χ0v) is 16.6. The van der Waals surface area contributed by atoms with E-state index < -0.39 is 10.0 Å². The van der Waals surface area contributed by atoms with Crippen LogP contribution in [0.5, 0.6) is 0 Å². The molecule has 1 unspecified atom stereocenters. The van der Waals surface area contributed by atoms with Gasteiger partial charge in [0.05, 0.1) is 4.90 Å². The van der Waals surface area contributed by atoms with Crippen LogP contribution in [0.3, 0.4) is 0 Å². The number of rotatable bonds is 5. The van der Waals surface area contributed by atoms with Crippen molar-refractivity contribution in [3.05, 3.63) is 59.7 Å². The fourth-order valence-electron chi connectivity index (χ4n) is 3.46. The summed E-state index contributed by atoms with van der Waals surface area (Å²) >= 11 is 0. The van der Waals surface area contributed by atoms with Crippen LogP contribution in [0.2, 0.25) is 0 Å². The van der Waals surface area contributed by atoms with E-state index >= 15 is 0 Å². The number of para-hydroxylation sites is 1. The number of aryl methyl sites for hydroxylation is 1. The van der Waals surface area contributed by atoms with E-state index in [2.05, 4.69) is 12.2 Å². The maximum atomic E-state index is 13.0. The quantitative estimate of drug-likeness (QED) is 0.847. The van der Waals surface area contributed by atoms with Gasteiger partial charge in [0.15, 0.2) is 0 Å². The topological polar surface area (TPSA) is 66.5 Å². The Morgan fingerprint density at radius 3 is 2.70 bits per heavy atom. The fraction of sp³-hybridized carbons (Fsp3) is 0.381. The first-order chi connectivity index (χ1) is 12.9. The molecule has 27 heavy (non-hydrogen) atoms. The van der Waals surface area contributed by atoms with Crippen LogP contribution in [0, 0.1) is 5.92 Å². The van der Waals surface area contributed by atoms with Crippen molar-refractivity contribution in [3.8, 4) is 0 Å². The molecule has 1 aliphatic rings. The molecule has 1 amide bonds. The Hall–Kier alpha value is -2.18. The van der Waals surface area contributed by atoms with Crippen molar-refractivity contribution >= 4 is 21.6 Å². The monoisotopic (exact) mass is 386 g/mol. The average Bonchev–Trinajstić information content (AvgIpc) is 2.68. The molecule has 1 N–H and O–H groups in total. The fourth-order valence-corrected chi connectivity index (χ4v) is 5.10. The summed E-state index contributed by atoms with van der Waals surface area (Å²) in [4.78, 5) is 12.8. The van der Waals surface area contributed by atoms with Gasteiger partial charge in [-0.15, -0.1) is 0 Å². The minimum absolute atomic E-state index is 0.174. The number of hydrogen-bond acceptors (Lipinski definition) is 3. The smallest absolute Gasteiger partial charge is 0.255 e. The molecule has 0 aromatic heterocycles. The minimum Gasteiger partial charge on any atom is -0.322 e. The molecule has 1 aliphatic heterocycles. The van der Waals surface area contributed by atoms with Crippen LogP contribution in [0.25, 0.3) is 0 Å². The maximum Gasteiger partial charge on any atom is 0.255 e. The van der Waals surface area contributed by atoms with Crippen LogP contribution in [0.1, 0.15) is 42.6 Å². The lowest BCUT2D eigenvalue weighted by Gasteiger charge is -2.30. The molecule has 144 valence electrons. The first-order valence-electron chi connectivity index (χ1n) is 9.41. The van der Waals surface area contributed by atoms with Gasteiger partial charge < -0.3 is 5.32 Å². The van der Waals surface area contributed by atoms with Crippen LogP contribution in [0.15, 0.2) is 53.4 Å². The number of sulfonamides is 1. The van der Waals surface area contributed by atoms with Crippen molar-refractivity contribution in [1.82, 2.24) is 4.31 Å². The Morgan fingerprint density at radius 2 is 1.96 bits per heavy atom. The van der Waals surface area contributed by atoms with E-state index in [1.807, 2.05) is 31.2 Å². The summed E-state index contributed by atoms with van der Waals surface area (Å²) < 4.78 is 27.5. The molecule has 6 heteroatoms. The lowest BCUT2D eigenvalue weighted by molar-refractivity contribution is 0.102. The van der Waals surface area contributed by atoms with Crippen molar-refractivity contribution in [2.24, 2.45) is 5.92 Å². The first kappa shape index (κ1) is 19.6. The highest BCUT2D eigenvalue weighted by molar-refractivity contribution is 7.89. The third kappa shape index (κ3) is 4.39. The highest BCUT2D eigenvalue weighted by Crippen LogP contribution is 2.24. The van der Waals surface area contributed by atoms with Crippen LogP contribution in [-0.4, -0.2) is 31.7 Å². The summed E-state index contributed by atoms with van der Waals surface area (Å²) in [6.07, 6.45) is 2.72. The van der Waals surface area contributed by atoms with Crippen LogP contribution in [0.4, 0.5) is 5.69 Å². The standard InChI is InChI=1S/C21H26N2O3S/c1-3-17-9-4-5-12-20(17)22-21(24)18-10-6-11-19(14-18)27(25,26)23-13-7-8-16(2)15-23/h4-6,9-12,14,16H,3,7-8,13,15H2,1-2H3,(H,22,24). The summed E-state index contributed by atoms with van der Waals surface area (Å²) in [6, 6.07) is 13.9. The van der Waals surface area contributed by atoms with E-state index in [1.165, 1.54) is 10.4 Å². The summed E-state index contributed by atoms with van der Waals surface area (Å²) in [7, 11) is -3.58. The molecular formula is C21H26N2O3S. The Kier molecular flexibility index (Phi) is 5.97. The van der Waals surface area contributed by atoms with E-state index in [0.29, 0.717) is 24.6 Å². The maximum absolute atomic E-state index is 13.0. The summed E-state index contributed by atoms with van der Waals surface area (Å²) in [5.74, 6) is 0.0468. The van der Waals surface area contributed by atoms with Crippen LogP contribution in [-0.2, 0) is 16.4 Å². The molecule has 2 aromatic carbocycles. The number of piperidine rings is 1. The second-order valence-electron chi connectivity index (χ2n) is 7.10. The zero-order chi connectivity index (χ0) is 19.4. The summed E-state index contributed by atoms with van der Waals surface area (Å²) in [5, 5.41) is 2.90. The van der Waals surface area contributed by atoms with E-state index in [4.69, 9.17) is 0 Å². The zero-order valence-electron chi connectivity index (χ0n) is 15.8. The third-order valence-corrected chi connectivity index (χ3v) is 6.86. The molecule has 0 bridgehead atoms. The first-order valence-corrected chi connectivity index (χ1v) is 10.8. The van der Waals surface area contributed by atoms with Gasteiger partial charge >= 0.3 is 0 Å². The van der Waals surface area contributed by atoms with Gasteiger partial charge in [-0.2, -0.15) is 4.31 Å². The lowest BCUT2D eigenvalue weighted by Crippen LogP contribution is -2.39. The molecule has 1 saturated heterocycles. The lowest BCUT2D eigenvalue weighted by atomic mass is 10.0. The molecule has 1 fully saturated rings. The normalized spacial score (nSPS) is 18.2. The van der Waals surface area contributed by atoms with Crippen molar-refractivity contribution < 1.29 is 13.2 Å². The minimum atomic E-state index is -3.58. The molecule has 5 nitrogen and oxygen atoms in total. The summed E-state index contributed by atoms with van der Waals surface area (Å²) in [6.45, 7) is 5.16. The van der Waals surface area contributed by atoms with Crippen molar-refractivity contribution in [2.45, 2.75) is 38.0 Å². The van der Waals surface area contributed by atoms with Gasteiger partial charge in [0.25, 0.3) is 5.91 Å². The highest BCUT2D eigenvalue weighted by Gasteiger charge is 2.29. The van der Waals surface area contributed by atoms with Crippen LogP contribution < -0.4 is 5.32 Å². The van der Waals surface area contributed by atoms with Crippen LogP contribution >= 0.6 is 0 Å². The molecule has 1 heterocycles. The molecule has 0 radical (unpaired) electrons. The molecule has 1 atom stereocenters. The van der Waals surface area contributed by atoms with E-state index in [1.54, 1.807) is 18.2 Å². The van der Waals surface area contributed by atoms with Gasteiger partial charge in [-0.3, -0.25) is 4.79 Å². The summed E-state index contributed by atoms with van der Waals surface area (Å²) in [5.41, 5.74) is 2.13. The molecule has 0 aliphatic carbocycles. The molecule has 0 spiro atoms. The number of amides is 1.